The van der Waals surface area contributed by atoms with Crippen molar-refractivity contribution in [3.63, 3.8) is 0 Å². The first-order chi connectivity index (χ1) is 14.3. The molecule has 0 spiro atoms. The van der Waals surface area contributed by atoms with Crippen LogP contribution >= 0.6 is 0 Å². The topological polar surface area (TPSA) is 20.2 Å². The molecule has 2 saturated carbocycles. The molecular weight excluding hydrogens is 364 g/mol. The van der Waals surface area contributed by atoms with Gasteiger partial charge in [-0.15, -0.1) is 0 Å². The Kier molecular flexibility index (Phi) is 8.33. The van der Waals surface area contributed by atoms with Gasteiger partial charge in [-0.3, -0.25) is 0 Å². The molecule has 1 heteroatoms. The van der Waals surface area contributed by atoms with E-state index < -0.39 is 0 Å². The van der Waals surface area contributed by atoms with E-state index in [1.807, 2.05) is 0 Å². The van der Waals surface area contributed by atoms with Crippen molar-refractivity contribution >= 4 is 0 Å². The molecule has 0 bridgehead atoms. The minimum Gasteiger partial charge on any atom is -0.393 e. The molecule has 2 fully saturated rings. The summed E-state index contributed by atoms with van der Waals surface area (Å²) in [6.45, 7) is 14.7. The lowest BCUT2D eigenvalue weighted by Crippen LogP contribution is -2.35. The number of aliphatic hydroxyl groups excluding tert-OH is 1. The molecule has 0 saturated heterocycles. The standard InChI is InChI=1S/C29H50O/c1-7-23(20(2)3)12-10-22(5)27-16-17-28-24(9-8-18-29(27,28)6)13-14-25-19-26(30)15-11-21(25)4/h9,14,20-23,26-28,30H,7-8,10-13,15-19H2,1-6H3/b25-14-/t21-,22-,23-,26+,27-,28+,29-/m1/s1. The number of rotatable bonds is 8. The normalized spacial score (nSPS) is 37.9. The molecule has 1 nitrogen and oxygen atoms in total. The first kappa shape index (κ1) is 24.1. The van der Waals surface area contributed by atoms with Crippen LogP contribution in [0.2, 0.25) is 0 Å². The van der Waals surface area contributed by atoms with Crippen LogP contribution in [0.1, 0.15) is 112 Å². The number of hydrogen-bond acceptors (Lipinski definition) is 1. The number of fused-ring (bicyclic) bond motifs is 1. The maximum absolute atomic E-state index is 10.1. The molecule has 7 atom stereocenters. The average molecular weight is 415 g/mol. The smallest absolute Gasteiger partial charge is 0.0577 e. The second-order valence-electron chi connectivity index (χ2n) is 11.8. The molecule has 0 aromatic carbocycles. The van der Waals surface area contributed by atoms with Crippen LogP contribution in [0, 0.1) is 40.9 Å². The summed E-state index contributed by atoms with van der Waals surface area (Å²) in [7, 11) is 0. The zero-order valence-corrected chi connectivity index (χ0v) is 20.9. The van der Waals surface area contributed by atoms with E-state index >= 15 is 0 Å². The van der Waals surface area contributed by atoms with E-state index in [0.717, 1.165) is 55.3 Å². The number of hydrogen-bond donors (Lipinski definition) is 1. The van der Waals surface area contributed by atoms with E-state index in [-0.39, 0.29) is 6.10 Å². The van der Waals surface area contributed by atoms with Gasteiger partial charge in [-0.25, -0.2) is 0 Å². The van der Waals surface area contributed by atoms with Gasteiger partial charge in [-0.1, -0.05) is 77.7 Å². The Labute approximate surface area is 187 Å². The van der Waals surface area contributed by atoms with Crippen molar-refractivity contribution in [1.82, 2.24) is 0 Å². The Bertz CT molecular complexity index is 614. The third-order valence-electron chi connectivity index (χ3n) is 9.73. The largest absolute Gasteiger partial charge is 0.393 e. The molecule has 30 heavy (non-hydrogen) atoms. The lowest BCUT2D eigenvalue weighted by molar-refractivity contribution is 0.101. The predicted molar refractivity (Wildman–Crippen MR) is 130 cm³/mol. The molecule has 0 aromatic heterocycles. The van der Waals surface area contributed by atoms with Crippen molar-refractivity contribution in [1.29, 1.82) is 0 Å². The molecule has 0 radical (unpaired) electrons. The summed E-state index contributed by atoms with van der Waals surface area (Å²) in [6, 6.07) is 0. The monoisotopic (exact) mass is 414 g/mol. The van der Waals surface area contributed by atoms with Gasteiger partial charge >= 0.3 is 0 Å². The van der Waals surface area contributed by atoms with Crippen molar-refractivity contribution in [2.24, 2.45) is 40.9 Å². The first-order valence-electron chi connectivity index (χ1n) is 13.3. The minimum absolute atomic E-state index is 0.104. The summed E-state index contributed by atoms with van der Waals surface area (Å²) in [5, 5.41) is 10.1. The van der Waals surface area contributed by atoms with Gasteiger partial charge < -0.3 is 5.11 Å². The minimum atomic E-state index is -0.104. The lowest BCUT2D eigenvalue weighted by Gasteiger charge is -2.43. The Morgan fingerprint density at radius 2 is 1.90 bits per heavy atom. The third-order valence-corrected chi connectivity index (χ3v) is 9.73. The highest BCUT2D eigenvalue weighted by Crippen LogP contribution is 2.59. The van der Waals surface area contributed by atoms with Gasteiger partial charge in [0.1, 0.15) is 0 Å². The van der Waals surface area contributed by atoms with Crippen LogP contribution in [0.15, 0.2) is 23.3 Å². The van der Waals surface area contributed by atoms with Gasteiger partial charge in [0.25, 0.3) is 0 Å². The van der Waals surface area contributed by atoms with Crippen molar-refractivity contribution in [3.8, 4) is 0 Å². The van der Waals surface area contributed by atoms with Crippen molar-refractivity contribution in [2.45, 2.75) is 118 Å². The van der Waals surface area contributed by atoms with Gasteiger partial charge in [-0.2, -0.15) is 0 Å². The summed E-state index contributed by atoms with van der Waals surface area (Å²) in [4.78, 5) is 0. The zero-order chi connectivity index (χ0) is 21.9. The zero-order valence-electron chi connectivity index (χ0n) is 20.9. The molecule has 172 valence electrons. The van der Waals surface area contributed by atoms with E-state index in [9.17, 15) is 5.11 Å². The molecule has 0 aliphatic heterocycles. The second kappa shape index (κ2) is 10.4. The number of allylic oxidation sites excluding steroid dienone is 3. The Hall–Kier alpha value is -0.560. The highest BCUT2D eigenvalue weighted by Gasteiger charge is 2.49. The quantitative estimate of drug-likeness (QED) is 0.396. The van der Waals surface area contributed by atoms with Gasteiger partial charge in [0.05, 0.1) is 6.10 Å². The molecule has 3 aliphatic carbocycles. The fourth-order valence-electron chi connectivity index (χ4n) is 7.53. The average Bonchev–Trinajstić information content (AvgIpc) is 3.06. The molecule has 0 amide bonds. The molecule has 3 aliphatic rings. The van der Waals surface area contributed by atoms with Crippen molar-refractivity contribution in [2.75, 3.05) is 0 Å². The third kappa shape index (κ3) is 5.25. The fourth-order valence-corrected chi connectivity index (χ4v) is 7.53. The van der Waals surface area contributed by atoms with E-state index in [1.54, 1.807) is 5.57 Å². The summed E-state index contributed by atoms with van der Waals surface area (Å²) >= 11 is 0. The van der Waals surface area contributed by atoms with Gasteiger partial charge in [-0.05, 0) is 98.7 Å². The Morgan fingerprint density at radius 3 is 2.60 bits per heavy atom. The van der Waals surface area contributed by atoms with Gasteiger partial charge in [0, 0.05) is 0 Å². The van der Waals surface area contributed by atoms with Crippen molar-refractivity contribution < 1.29 is 5.11 Å². The molecular formula is C29H50O. The molecule has 0 heterocycles. The highest BCUT2D eigenvalue weighted by atomic mass is 16.3. The lowest BCUT2D eigenvalue weighted by atomic mass is 9.61. The van der Waals surface area contributed by atoms with Crippen LogP contribution in [-0.4, -0.2) is 11.2 Å². The summed E-state index contributed by atoms with van der Waals surface area (Å²) in [5.74, 6) is 4.95. The predicted octanol–water partition coefficient (Wildman–Crippen LogP) is 8.34. The van der Waals surface area contributed by atoms with E-state index in [4.69, 9.17) is 0 Å². The highest BCUT2D eigenvalue weighted by molar-refractivity contribution is 5.24. The molecule has 1 N–H and O–H groups in total. The van der Waals surface area contributed by atoms with Crippen LogP contribution in [0.25, 0.3) is 0 Å². The SMILES string of the molecule is CC[C@H](CC[C@@H](C)[C@H]1CC[C@H]2C(C/C=C3/C[C@@H](O)CC[C@H]3C)=CCC[C@]12C)C(C)C. The van der Waals surface area contributed by atoms with Crippen LogP contribution < -0.4 is 0 Å². The fraction of sp³-hybridized carbons (Fsp3) is 0.862. The summed E-state index contributed by atoms with van der Waals surface area (Å²) < 4.78 is 0. The van der Waals surface area contributed by atoms with Gasteiger partial charge in [0.2, 0.25) is 0 Å². The van der Waals surface area contributed by atoms with Crippen LogP contribution in [0.3, 0.4) is 0 Å². The maximum atomic E-state index is 10.1. The second-order valence-corrected chi connectivity index (χ2v) is 11.8. The van der Waals surface area contributed by atoms with E-state index in [2.05, 4.69) is 53.7 Å². The first-order valence-corrected chi connectivity index (χ1v) is 13.3. The van der Waals surface area contributed by atoms with Crippen LogP contribution in [-0.2, 0) is 0 Å². The Morgan fingerprint density at radius 1 is 1.13 bits per heavy atom. The van der Waals surface area contributed by atoms with Crippen LogP contribution in [0.4, 0.5) is 0 Å². The molecule has 0 aromatic rings. The molecule has 0 unspecified atom stereocenters. The summed E-state index contributed by atoms with van der Waals surface area (Å²) in [5.41, 5.74) is 3.76. The maximum Gasteiger partial charge on any atom is 0.0577 e. The van der Waals surface area contributed by atoms with Crippen molar-refractivity contribution in [3.05, 3.63) is 23.3 Å². The number of aliphatic hydroxyl groups is 1. The van der Waals surface area contributed by atoms with Gasteiger partial charge in [0.15, 0.2) is 0 Å². The van der Waals surface area contributed by atoms with Crippen LogP contribution in [0.5, 0.6) is 0 Å². The Balaban J connectivity index is 1.63. The van der Waals surface area contributed by atoms with E-state index in [0.29, 0.717) is 11.3 Å². The molecule has 3 rings (SSSR count). The van der Waals surface area contributed by atoms with E-state index in [1.165, 1.54) is 50.5 Å². The summed E-state index contributed by atoms with van der Waals surface area (Å²) in [6.07, 6.45) is 18.9.